The Labute approximate surface area is 107 Å². The summed E-state index contributed by atoms with van der Waals surface area (Å²) in [6, 6.07) is 6.03. The Bertz CT molecular complexity index is 553. The first-order valence-corrected chi connectivity index (χ1v) is 5.90. The highest BCUT2D eigenvalue weighted by molar-refractivity contribution is 5.38. The van der Waals surface area contributed by atoms with Gasteiger partial charge in [0.2, 0.25) is 5.88 Å². The van der Waals surface area contributed by atoms with Gasteiger partial charge in [-0.3, -0.25) is 0 Å². The van der Waals surface area contributed by atoms with E-state index in [1.807, 2.05) is 40.0 Å². The van der Waals surface area contributed by atoms with Crippen LogP contribution in [0.3, 0.4) is 0 Å². The van der Waals surface area contributed by atoms with Crippen LogP contribution in [0.1, 0.15) is 22.4 Å². The molecular formula is C14H18N2O2. The number of benzene rings is 1. The fourth-order valence-corrected chi connectivity index (χ4v) is 2.09. The zero-order chi connectivity index (χ0) is 13.3. The van der Waals surface area contributed by atoms with Crippen LogP contribution >= 0.6 is 0 Å². The molecule has 0 bridgehead atoms. The maximum atomic E-state index is 9.37. The van der Waals surface area contributed by atoms with Crippen LogP contribution in [0.15, 0.2) is 18.2 Å². The van der Waals surface area contributed by atoms with E-state index in [0.717, 1.165) is 28.1 Å². The third kappa shape index (κ3) is 2.38. The molecule has 0 saturated carbocycles. The molecule has 1 N–H and O–H groups in total. The second kappa shape index (κ2) is 4.82. The van der Waals surface area contributed by atoms with Gasteiger partial charge < -0.3 is 9.84 Å². The number of aromatic nitrogens is 2. The number of rotatable bonds is 3. The number of aliphatic hydroxyl groups is 1. The lowest BCUT2D eigenvalue weighted by atomic mass is 10.1. The molecule has 0 aliphatic rings. The number of nitrogens with zero attached hydrogens (tertiary/aromatic N) is 2. The van der Waals surface area contributed by atoms with Crippen molar-refractivity contribution in [1.29, 1.82) is 0 Å². The zero-order valence-corrected chi connectivity index (χ0v) is 11.2. The van der Waals surface area contributed by atoms with Gasteiger partial charge in [0.25, 0.3) is 0 Å². The number of hydrogen-bond acceptors (Lipinski definition) is 3. The molecule has 0 aliphatic heterocycles. The number of hydrogen-bond donors (Lipinski definition) is 1. The average molecular weight is 246 g/mol. The lowest BCUT2D eigenvalue weighted by Gasteiger charge is -2.09. The van der Waals surface area contributed by atoms with Crippen molar-refractivity contribution in [2.75, 3.05) is 0 Å². The minimum absolute atomic E-state index is 0.0696. The van der Waals surface area contributed by atoms with Gasteiger partial charge in [-0.2, -0.15) is 5.10 Å². The highest BCUT2D eigenvalue weighted by Gasteiger charge is 2.14. The van der Waals surface area contributed by atoms with Crippen molar-refractivity contribution in [3.63, 3.8) is 0 Å². The van der Waals surface area contributed by atoms with Crippen molar-refractivity contribution >= 4 is 0 Å². The molecule has 0 atom stereocenters. The molecule has 4 nitrogen and oxygen atoms in total. The SMILES string of the molecule is Cc1cc(C)cc(Oc2c(CO)c(C)nn2C)c1. The maximum absolute atomic E-state index is 9.37. The quantitative estimate of drug-likeness (QED) is 0.905. The van der Waals surface area contributed by atoms with Crippen LogP contribution in [0.2, 0.25) is 0 Å². The molecule has 96 valence electrons. The lowest BCUT2D eigenvalue weighted by Crippen LogP contribution is -1.97. The Morgan fingerprint density at radius 2 is 1.78 bits per heavy atom. The number of ether oxygens (including phenoxy) is 1. The summed E-state index contributed by atoms with van der Waals surface area (Å²) in [5.74, 6) is 1.37. The van der Waals surface area contributed by atoms with Crippen LogP contribution in [0.4, 0.5) is 0 Å². The molecule has 0 fully saturated rings. The van der Waals surface area contributed by atoms with E-state index in [-0.39, 0.29) is 6.61 Å². The van der Waals surface area contributed by atoms with E-state index >= 15 is 0 Å². The topological polar surface area (TPSA) is 47.3 Å². The summed E-state index contributed by atoms with van der Waals surface area (Å²) in [5, 5.41) is 13.6. The summed E-state index contributed by atoms with van der Waals surface area (Å²) >= 11 is 0. The fourth-order valence-electron chi connectivity index (χ4n) is 2.09. The van der Waals surface area contributed by atoms with Gasteiger partial charge in [0.1, 0.15) is 5.75 Å². The van der Waals surface area contributed by atoms with Crippen LogP contribution in [-0.4, -0.2) is 14.9 Å². The van der Waals surface area contributed by atoms with Crippen LogP contribution in [0.5, 0.6) is 11.6 Å². The molecule has 0 radical (unpaired) electrons. The standard InChI is InChI=1S/C14H18N2O2/c1-9-5-10(2)7-12(6-9)18-14-13(8-17)11(3)15-16(14)4/h5-7,17H,8H2,1-4H3. The van der Waals surface area contributed by atoms with Gasteiger partial charge in [-0.25, -0.2) is 4.68 Å². The highest BCUT2D eigenvalue weighted by atomic mass is 16.5. The maximum Gasteiger partial charge on any atom is 0.223 e. The van der Waals surface area contributed by atoms with Gasteiger partial charge >= 0.3 is 0 Å². The van der Waals surface area contributed by atoms with E-state index in [4.69, 9.17) is 4.74 Å². The number of aryl methyl sites for hydroxylation is 4. The van der Waals surface area contributed by atoms with E-state index in [0.29, 0.717) is 5.88 Å². The third-order valence-corrected chi connectivity index (χ3v) is 2.86. The summed E-state index contributed by atoms with van der Waals surface area (Å²) in [7, 11) is 1.81. The Balaban J connectivity index is 2.39. The molecule has 0 amide bonds. The predicted molar refractivity (Wildman–Crippen MR) is 69.9 cm³/mol. The minimum atomic E-state index is -0.0696. The molecule has 0 unspecified atom stereocenters. The van der Waals surface area contributed by atoms with Crippen molar-refractivity contribution in [1.82, 2.24) is 9.78 Å². The number of aliphatic hydroxyl groups excluding tert-OH is 1. The molecule has 1 aromatic heterocycles. The van der Waals surface area contributed by atoms with Crippen LogP contribution in [0, 0.1) is 20.8 Å². The van der Waals surface area contributed by atoms with Crippen molar-refractivity contribution < 1.29 is 9.84 Å². The van der Waals surface area contributed by atoms with Crippen molar-refractivity contribution in [3.05, 3.63) is 40.6 Å². The van der Waals surface area contributed by atoms with E-state index in [9.17, 15) is 5.11 Å². The first kappa shape index (κ1) is 12.6. The summed E-state index contributed by atoms with van der Waals surface area (Å²) in [4.78, 5) is 0. The Morgan fingerprint density at radius 1 is 1.17 bits per heavy atom. The Hall–Kier alpha value is -1.81. The largest absolute Gasteiger partial charge is 0.439 e. The van der Waals surface area contributed by atoms with Gasteiger partial charge in [0, 0.05) is 7.05 Å². The van der Waals surface area contributed by atoms with Crippen LogP contribution < -0.4 is 4.74 Å². The molecule has 1 heterocycles. The second-order valence-corrected chi connectivity index (χ2v) is 4.58. The predicted octanol–water partition coefficient (Wildman–Crippen LogP) is 2.63. The zero-order valence-electron chi connectivity index (χ0n) is 11.2. The molecule has 0 aliphatic carbocycles. The molecule has 4 heteroatoms. The average Bonchev–Trinajstić information content (AvgIpc) is 2.52. The molecule has 2 aromatic rings. The molecule has 1 aromatic carbocycles. The molecular weight excluding hydrogens is 228 g/mol. The molecule has 0 spiro atoms. The summed E-state index contributed by atoms with van der Waals surface area (Å²) in [6.45, 7) is 5.85. The van der Waals surface area contributed by atoms with Crippen molar-refractivity contribution in [2.45, 2.75) is 27.4 Å². The first-order chi connectivity index (χ1) is 8.51. The monoisotopic (exact) mass is 246 g/mol. The Morgan fingerprint density at radius 3 is 2.33 bits per heavy atom. The smallest absolute Gasteiger partial charge is 0.223 e. The van der Waals surface area contributed by atoms with Gasteiger partial charge in [-0.05, 0) is 44.0 Å². The van der Waals surface area contributed by atoms with Crippen LogP contribution in [-0.2, 0) is 13.7 Å². The molecule has 0 saturated heterocycles. The summed E-state index contributed by atoms with van der Waals surface area (Å²) in [5.41, 5.74) is 3.82. The van der Waals surface area contributed by atoms with Crippen molar-refractivity contribution in [3.8, 4) is 11.6 Å². The van der Waals surface area contributed by atoms with E-state index in [2.05, 4.69) is 11.2 Å². The third-order valence-electron chi connectivity index (χ3n) is 2.86. The summed E-state index contributed by atoms with van der Waals surface area (Å²) in [6.07, 6.45) is 0. The van der Waals surface area contributed by atoms with Gasteiger partial charge in [0.05, 0.1) is 17.9 Å². The molecule has 18 heavy (non-hydrogen) atoms. The van der Waals surface area contributed by atoms with Crippen molar-refractivity contribution in [2.24, 2.45) is 7.05 Å². The van der Waals surface area contributed by atoms with Gasteiger partial charge in [-0.1, -0.05) is 6.07 Å². The van der Waals surface area contributed by atoms with Gasteiger partial charge in [-0.15, -0.1) is 0 Å². The van der Waals surface area contributed by atoms with E-state index in [1.165, 1.54) is 0 Å². The lowest BCUT2D eigenvalue weighted by molar-refractivity contribution is 0.274. The van der Waals surface area contributed by atoms with Crippen LogP contribution in [0.25, 0.3) is 0 Å². The van der Waals surface area contributed by atoms with E-state index < -0.39 is 0 Å². The minimum Gasteiger partial charge on any atom is -0.439 e. The second-order valence-electron chi connectivity index (χ2n) is 4.58. The fraction of sp³-hybridized carbons (Fsp3) is 0.357. The first-order valence-electron chi connectivity index (χ1n) is 5.90. The molecule has 2 rings (SSSR count). The van der Waals surface area contributed by atoms with Gasteiger partial charge in [0.15, 0.2) is 0 Å². The normalized spacial score (nSPS) is 10.7. The van der Waals surface area contributed by atoms with E-state index in [1.54, 1.807) is 4.68 Å². The Kier molecular flexibility index (Phi) is 3.39. The summed E-state index contributed by atoms with van der Waals surface area (Å²) < 4.78 is 7.51. The highest BCUT2D eigenvalue weighted by Crippen LogP contribution is 2.28.